The topological polar surface area (TPSA) is 114 Å². The average Bonchev–Trinajstić information content (AvgIpc) is 2.91. The van der Waals surface area contributed by atoms with Gasteiger partial charge in [0.05, 0.1) is 28.6 Å². The molecule has 0 bridgehead atoms. The lowest BCUT2D eigenvalue weighted by atomic mass is 10.1. The lowest BCUT2D eigenvalue weighted by molar-refractivity contribution is -0.384. The summed E-state index contributed by atoms with van der Waals surface area (Å²) in [6.07, 6.45) is 3.17. The number of hydrogen-bond acceptors (Lipinski definition) is 7. The van der Waals surface area contributed by atoms with E-state index < -0.39 is 16.7 Å². The number of rotatable bonds is 7. The summed E-state index contributed by atoms with van der Waals surface area (Å²) in [7, 11) is 0. The number of thioether (sulfide) groups is 1. The molecule has 0 aliphatic carbocycles. The molecule has 1 aromatic carbocycles. The third-order valence-electron chi connectivity index (χ3n) is 3.89. The molecule has 0 saturated carbocycles. The Balaban J connectivity index is 1.96. The molecule has 9 heteroatoms. The first-order valence-electron chi connectivity index (χ1n) is 8.00. The molecule has 1 aliphatic rings. The zero-order valence-electron chi connectivity index (χ0n) is 14.1. The summed E-state index contributed by atoms with van der Waals surface area (Å²) < 4.78 is 0. The normalized spacial score (nSPS) is 14.2. The molecule has 1 aliphatic heterocycles. The first-order valence-corrected chi connectivity index (χ1v) is 8.99. The fourth-order valence-electron chi connectivity index (χ4n) is 2.66. The highest BCUT2D eigenvalue weighted by Gasteiger charge is 2.39. The Hall–Kier alpha value is -3.04. The van der Waals surface area contributed by atoms with Crippen molar-refractivity contribution >= 4 is 34.8 Å². The van der Waals surface area contributed by atoms with Gasteiger partial charge in [-0.05, 0) is 29.3 Å². The predicted octanol–water partition coefficient (Wildman–Crippen LogP) is 2.00. The van der Waals surface area contributed by atoms with Crippen LogP contribution in [0.25, 0.3) is 5.57 Å². The number of nitro benzene ring substituents is 1. The Morgan fingerprint density at radius 3 is 2.48 bits per heavy atom. The number of benzene rings is 1. The fourth-order valence-corrected chi connectivity index (χ4v) is 3.54. The second kappa shape index (κ2) is 8.11. The number of non-ortho nitro benzene ring substituents is 1. The van der Waals surface area contributed by atoms with Crippen molar-refractivity contribution in [2.75, 3.05) is 12.4 Å². The summed E-state index contributed by atoms with van der Waals surface area (Å²) in [5.74, 6) is -0.667. The summed E-state index contributed by atoms with van der Waals surface area (Å²) in [4.78, 5) is 41.4. The number of imide groups is 1. The van der Waals surface area contributed by atoms with Crippen LogP contribution in [0.2, 0.25) is 0 Å². The van der Waals surface area contributed by atoms with Gasteiger partial charge in [-0.15, -0.1) is 11.8 Å². The zero-order chi connectivity index (χ0) is 19.4. The van der Waals surface area contributed by atoms with Gasteiger partial charge in [0.25, 0.3) is 17.5 Å². The quantitative estimate of drug-likeness (QED) is 0.440. The van der Waals surface area contributed by atoms with Crippen LogP contribution in [0.1, 0.15) is 11.1 Å². The minimum absolute atomic E-state index is 0.0746. The predicted molar refractivity (Wildman–Crippen MR) is 99.4 cm³/mol. The standard InChI is InChI=1S/C18H15N3O5S/c22-8-9-27-16-15(13-3-5-14(6-4-13)21(25)26)17(23)20(18(16)24)11-12-2-1-7-19-10-12/h1-7,10,22H,8-9,11H2. The zero-order valence-corrected chi connectivity index (χ0v) is 14.9. The summed E-state index contributed by atoms with van der Waals surface area (Å²) >= 11 is 1.09. The van der Waals surface area contributed by atoms with E-state index in [0.29, 0.717) is 11.1 Å². The number of aliphatic hydroxyl groups excluding tert-OH is 1. The summed E-state index contributed by atoms with van der Waals surface area (Å²) in [6, 6.07) is 8.96. The van der Waals surface area contributed by atoms with Crippen LogP contribution in [0, 0.1) is 10.1 Å². The van der Waals surface area contributed by atoms with Crippen LogP contribution in [-0.2, 0) is 16.1 Å². The molecule has 2 aromatic rings. The molecule has 2 heterocycles. The maximum atomic E-state index is 12.9. The number of pyridine rings is 1. The van der Waals surface area contributed by atoms with E-state index in [1.54, 1.807) is 24.5 Å². The molecular weight excluding hydrogens is 370 g/mol. The maximum Gasteiger partial charge on any atom is 0.269 e. The monoisotopic (exact) mass is 385 g/mol. The van der Waals surface area contributed by atoms with Crippen LogP contribution < -0.4 is 0 Å². The van der Waals surface area contributed by atoms with E-state index in [2.05, 4.69) is 4.98 Å². The molecule has 0 fully saturated rings. The Kier molecular flexibility index (Phi) is 5.63. The number of carbonyl (C=O) groups excluding carboxylic acids is 2. The molecular formula is C18H15N3O5S. The molecule has 0 atom stereocenters. The van der Waals surface area contributed by atoms with Crippen molar-refractivity contribution in [3.8, 4) is 0 Å². The van der Waals surface area contributed by atoms with Gasteiger partial charge in [-0.3, -0.25) is 29.6 Å². The smallest absolute Gasteiger partial charge is 0.269 e. The highest BCUT2D eigenvalue weighted by molar-refractivity contribution is 8.04. The van der Waals surface area contributed by atoms with Gasteiger partial charge >= 0.3 is 0 Å². The second-order valence-corrected chi connectivity index (χ2v) is 6.74. The minimum Gasteiger partial charge on any atom is -0.396 e. The van der Waals surface area contributed by atoms with Crippen LogP contribution in [0.4, 0.5) is 5.69 Å². The van der Waals surface area contributed by atoms with Gasteiger partial charge in [0.1, 0.15) is 0 Å². The first-order chi connectivity index (χ1) is 13.0. The minimum atomic E-state index is -0.532. The van der Waals surface area contributed by atoms with E-state index in [4.69, 9.17) is 5.11 Å². The molecule has 8 nitrogen and oxygen atoms in total. The number of amides is 2. The van der Waals surface area contributed by atoms with Crippen molar-refractivity contribution in [1.82, 2.24) is 9.88 Å². The maximum absolute atomic E-state index is 12.9. The van der Waals surface area contributed by atoms with E-state index in [0.717, 1.165) is 16.7 Å². The molecule has 1 aromatic heterocycles. The Morgan fingerprint density at radius 2 is 1.89 bits per heavy atom. The largest absolute Gasteiger partial charge is 0.396 e. The summed E-state index contributed by atoms with van der Waals surface area (Å²) in [6.45, 7) is -0.0725. The van der Waals surface area contributed by atoms with Crippen LogP contribution in [0.5, 0.6) is 0 Å². The summed E-state index contributed by atoms with van der Waals surface area (Å²) in [5, 5.41) is 19.9. The number of hydrogen-bond donors (Lipinski definition) is 1. The SMILES string of the molecule is O=C1C(SCCO)=C(c2ccc([N+](=O)[O-])cc2)C(=O)N1Cc1cccnc1. The third kappa shape index (κ3) is 3.88. The van der Waals surface area contributed by atoms with Crippen molar-refractivity contribution in [3.63, 3.8) is 0 Å². The second-order valence-electron chi connectivity index (χ2n) is 5.64. The molecule has 27 heavy (non-hydrogen) atoms. The number of nitro groups is 1. The summed E-state index contributed by atoms with van der Waals surface area (Å²) in [5.41, 5.74) is 1.22. The van der Waals surface area contributed by atoms with E-state index in [-0.39, 0.29) is 35.1 Å². The first kappa shape index (κ1) is 18.7. The van der Waals surface area contributed by atoms with Crippen molar-refractivity contribution in [2.45, 2.75) is 6.54 Å². The van der Waals surface area contributed by atoms with E-state index in [1.165, 1.54) is 24.3 Å². The van der Waals surface area contributed by atoms with E-state index >= 15 is 0 Å². The molecule has 0 unspecified atom stereocenters. The average molecular weight is 385 g/mol. The van der Waals surface area contributed by atoms with Gasteiger partial charge in [0.15, 0.2) is 0 Å². The van der Waals surface area contributed by atoms with Crippen molar-refractivity contribution < 1.29 is 19.6 Å². The Morgan fingerprint density at radius 1 is 1.15 bits per heavy atom. The number of aromatic nitrogens is 1. The Bertz CT molecular complexity index is 912. The van der Waals surface area contributed by atoms with Gasteiger partial charge < -0.3 is 5.11 Å². The van der Waals surface area contributed by atoms with Gasteiger partial charge in [0.2, 0.25) is 0 Å². The number of aliphatic hydroxyl groups is 1. The van der Waals surface area contributed by atoms with Crippen LogP contribution in [0.15, 0.2) is 53.7 Å². The third-order valence-corrected chi connectivity index (χ3v) is 4.95. The van der Waals surface area contributed by atoms with Crippen molar-refractivity contribution in [1.29, 1.82) is 0 Å². The van der Waals surface area contributed by atoms with E-state index in [1.807, 2.05) is 0 Å². The molecule has 2 amide bonds. The van der Waals surface area contributed by atoms with Crippen molar-refractivity contribution in [3.05, 3.63) is 74.9 Å². The van der Waals surface area contributed by atoms with Gasteiger partial charge in [-0.1, -0.05) is 6.07 Å². The molecule has 1 N–H and O–H groups in total. The molecule has 138 valence electrons. The van der Waals surface area contributed by atoms with Gasteiger partial charge in [0, 0.05) is 30.3 Å². The molecule has 0 spiro atoms. The number of nitrogens with zero attached hydrogens (tertiary/aromatic N) is 3. The lowest BCUT2D eigenvalue weighted by Gasteiger charge is -2.14. The van der Waals surface area contributed by atoms with Crippen LogP contribution in [0.3, 0.4) is 0 Å². The number of carbonyl (C=O) groups is 2. The van der Waals surface area contributed by atoms with E-state index in [9.17, 15) is 19.7 Å². The van der Waals surface area contributed by atoms with Crippen LogP contribution >= 0.6 is 11.8 Å². The van der Waals surface area contributed by atoms with Crippen LogP contribution in [-0.4, -0.2) is 44.1 Å². The highest BCUT2D eigenvalue weighted by Crippen LogP contribution is 2.37. The fraction of sp³-hybridized carbons (Fsp3) is 0.167. The Labute approximate surface area is 158 Å². The van der Waals surface area contributed by atoms with Gasteiger partial charge in [-0.25, -0.2) is 0 Å². The molecule has 0 radical (unpaired) electrons. The molecule has 0 saturated heterocycles. The highest BCUT2D eigenvalue weighted by atomic mass is 32.2. The van der Waals surface area contributed by atoms with Crippen molar-refractivity contribution in [2.24, 2.45) is 0 Å². The molecule has 3 rings (SSSR count). The van der Waals surface area contributed by atoms with Gasteiger partial charge in [-0.2, -0.15) is 0 Å². The lowest BCUT2D eigenvalue weighted by Crippen LogP contribution is -2.31.